The molecule has 1 aliphatic carbocycles. The first-order valence-corrected chi connectivity index (χ1v) is 5.24. The molecule has 1 saturated heterocycles. The van der Waals surface area contributed by atoms with Crippen LogP contribution in [-0.4, -0.2) is 37.0 Å². The van der Waals surface area contributed by atoms with Crippen molar-refractivity contribution in [2.75, 3.05) is 26.3 Å². The molecule has 0 aromatic carbocycles. The van der Waals surface area contributed by atoms with Crippen molar-refractivity contribution < 1.29 is 9.53 Å². The van der Waals surface area contributed by atoms with E-state index in [0.717, 1.165) is 39.1 Å². The minimum atomic E-state index is 0.128. The second-order valence-electron chi connectivity index (χ2n) is 3.83. The van der Waals surface area contributed by atoms with Crippen molar-refractivity contribution in [3.05, 3.63) is 0 Å². The largest absolute Gasteiger partial charge is 0.378 e. The second kappa shape index (κ2) is 4.47. The zero-order valence-electron chi connectivity index (χ0n) is 8.29. The lowest BCUT2D eigenvalue weighted by atomic mass is 9.82. The molecule has 2 aliphatic rings. The number of hydrogen-bond donors (Lipinski definition) is 0. The van der Waals surface area contributed by atoms with Crippen LogP contribution in [0, 0.1) is 17.9 Å². The van der Waals surface area contributed by atoms with E-state index in [1.54, 1.807) is 0 Å². The summed E-state index contributed by atoms with van der Waals surface area (Å²) in [5.41, 5.74) is 0. The highest BCUT2D eigenvalue weighted by atomic mass is 16.5. The molecule has 1 heterocycles. The minimum Gasteiger partial charge on any atom is -0.378 e. The Morgan fingerprint density at radius 1 is 1.29 bits per heavy atom. The number of carbonyl (C=O) groups is 1. The third-order valence-corrected chi connectivity index (χ3v) is 2.82. The molecular formula is C11H15NO2. The fourth-order valence-corrected chi connectivity index (χ4v) is 1.58. The summed E-state index contributed by atoms with van der Waals surface area (Å²) >= 11 is 0. The highest BCUT2D eigenvalue weighted by Gasteiger charge is 2.23. The fraction of sp³-hybridized carbons (Fsp3) is 0.727. The standard InChI is InChI=1S/C11H15NO2/c13-11(10-2-1-3-10)4-5-12-6-8-14-9-7-12/h10H,1-3,6-9H2. The van der Waals surface area contributed by atoms with Gasteiger partial charge in [-0.3, -0.25) is 4.79 Å². The van der Waals surface area contributed by atoms with Gasteiger partial charge in [0.1, 0.15) is 0 Å². The number of morpholine rings is 1. The fourth-order valence-electron chi connectivity index (χ4n) is 1.58. The van der Waals surface area contributed by atoms with Crippen LogP contribution < -0.4 is 0 Å². The molecule has 0 bridgehead atoms. The molecule has 1 aliphatic heterocycles. The molecule has 0 spiro atoms. The first-order valence-electron chi connectivity index (χ1n) is 5.24. The number of Topliss-reactive ketones (excluding diaryl/α,β-unsaturated/α-hetero) is 1. The monoisotopic (exact) mass is 193 g/mol. The van der Waals surface area contributed by atoms with E-state index in [0.29, 0.717) is 0 Å². The molecule has 0 aromatic rings. The zero-order chi connectivity index (χ0) is 9.80. The maximum absolute atomic E-state index is 11.4. The SMILES string of the molecule is O=C(C#CN1CCOCC1)C1CCC1. The van der Waals surface area contributed by atoms with Gasteiger partial charge in [-0.25, -0.2) is 0 Å². The predicted molar refractivity (Wildman–Crippen MR) is 52.5 cm³/mol. The molecule has 2 fully saturated rings. The van der Waals surface area contributed by atoms with Gasteiger partial charge in [-0.1, -0.05) is 6.42 Å². The molecule has 3 heteroatoms. The first-order chi connectivity index (χ1) is 6.86. The van der Waals surface area contributed by atoms with Crippen LogP contribution >= 0.6 is 0 Å². The molecule has 0 aromatic heterocycles. The number of nitrogens with zero attached hydrogens (tertiary/aromatic N) is 1. The minimum absolute atomic E-state index is 0.128. The van der Waals surface area contributed by atoms with Crippen LogP contribution in [-0.2, 0) is 9.53 Å². The second-order valence-corrected chi connectivity index (χ2v) is 3.83. The summed E-state index contributed by atoms with van der Waals surface area (Å²) in [7, 11) is 0. The van der Waals surface area contributed by atoms with Crippen molar-refractivity contribution in [2.24, 2.45) is 5.92 Å². The summed E-state index contributed by atoms with van der Waals surface area (Å²) in [6, 6.07) is 2.92. The molecular weight excluding hydrogens is 178 g/mol. The van der Waals surface area contributed by atoms with E-state index >= 15 is 0 Å². The lowest BCUT2D eigenvalue weighted by Crippen LogP contribution is -2.32. The Balaban J connectivity index is 1.81. The van der Waals surface area contributed by atoms with Crippen LogP contribution in [0.15, 0.2) is 0 Å². The Labute approximate surface area is 84.4 Å². The first kappa shape index (κ1) is 9.54. The predicted octanol–water partition coefficient (Wildman–Crippen LogP) is 0.649. The van der Waals surface area contributed by atoms with Gasteiger partial charge in [0, 0.05) is 25.1 Å². The van der Waals surface area contributed by atoms with Crippen molar-refractivity contribution in [2.45, 2.75) is 19.3 Å². The lowest BCUT2D eigenvalue weighted by molar-refractivity contribution is -0.119. The van der Waals surface area contributed by atoms with Gasteiger partial charge >= 0.3 is 0 Å². The summed E-state index contributed by atoms with van der Waals surface area (Å²) in [4.78, 5) is 13.4. The average Bonchev–Trinajstić information content (AvgIpc) is 2.14. The Bertz CT molecular complexity index is 267. The van der Waals surface area contributed by atoms with Crippen LogP contribution in [0.1, 0.15) is 19.3 Å². The van der Waals surface area contributed by atoms with Gasteiger partial charge in [0.25, 0.3) is 0 Å². The van der Waals surface area contributed by atoms with Crippen molar-refractivity contribution in [1.82, 2.24) is 4.90 Å². The Hall–Kier alpha value is -1.01. The van der Waals surface area contributed by atoms with Gasteiger partial charge in [-0.2, -0.15) is 0 Å². The third-order valence-electron chi connectivity index (χ3n) is 2.82. The summed E-state index contributed by atoms with van der Waals surface area (Å²) in [6.07, 6.45) is 3.27. The van der Waals surface area contributed by atoms with Crippen LogP contribution in [0.5, 0.6) is 0 Å². The van der Waals surface area contributed by atoms with Crippen molar-refractivity contribution in [1.29, 1.82) is 0 Å². The average molecular weight is 193 g/mol. The van der Waals surface area contributed by atoms with Crippen LogP contribution in [0.25, 0.3) is 0 Å². The Morgan fingerprint density at radius 3 is 2.57 bits per heavy atom. The van der Waals surface area contributed by atoms with Gasteiger partial charge in [-0.15, -0.1) is 0 Å². The Morgan fingerprint density at radius 2 is 2.00 bits per heavy atom. The third kappa shape index (κ3) is 2.27. The molecule has 0 amide bonds. The van der Waals surface area contributed by atoms with Crippen molar-refractivity contribution in [3.8, 4) is 12.0 Å². The highest BCUT2D eigenvalue weighted by Crippen LogP contribution is 2.26. The summed E-state index contributed by atoms with van der Waals surface area (Å²) in [6.45, 7) is 3.11. The van der Waals surface area contributed by atoms with Gasteiger partial charge in [0.15, 0.2) is 0 Å². The number of carbonyl (C=O) groups excluding carboxylic acids is 1. The molecule has 0 radical (unpaired) electrons. The molecule has 1 saturated carbocycles. The quantitative estimate of drug-likeness (QED) is 0.573. The molecule has 0 atom stereocenters. The maximum Gasteiger partial charge on any atom is 0.210 e. The van der Waals surface area contributed by atoms with Gasteiger partial charge in [-0.05, 0) is 18.8 Å². The van der Waals surface area contributed by atoms with E-state index in [2.05, 4.69) is 12.0 Å². The normalized spacial score (nSPS) is 22.1. The summed E-state index contributed by atoms with van der Waals surface area (Å²) in [5.74, 6) is 3.10. The molecule has 0 N–H and O–H groups in total. The summed E-state index contributed by atoms with van der Waals surface area (Å²) in [5, 5.41) is 0. The summed E-state index contributed by atoms with van der Waals surface area (Å²) < 4.78 is 5.19. The molecule has 76 valence electrons. The number of ketones is 1. The molecule has 14 heavy (non-hydrogen) atoms. The topological polar surface area (TPSA) is 29.5 Å². The van der Waals surface area contributed by atoms with Crippen molar-refractivity contribution >= 4 is 5.78 Å². The molecule has 2 rings (SSSR count). The Kier molecular flexibility index (Phi) is 3.05. The number of rotatable bonds is 1. The highest BCUT2D eigenvalue weighted by molar-refractivity contribution is 5.97. The zero-order valence-corrected chi connectivity index (χ0v) is 8.29. The molecule has 3 nitrogen and oxygen atoms in total. The van der Waals surface area contributed by atoms with E-state index in [1.165, 1.54) is 6.42 Å². The van der Waals surface area contributed by atoms with E-state index in [9.17, 15) is 4.79 Å². The van der Waals surface area contributed by atoms with Gasteiger partial charge < -0.3 is 9.64 Å². The van der Waals surface area contributed by atoms with E-state index in [4.69, 9.17) is 4.74 Å². The van der Waals surface area contributed by atoms with Gasteiger partial charge in [0.05, 0.1) is 13.2 Å². The van der Waals surface area contributed by atoms with E-state index in [-0.39, 0.29) is 11.7 Å². The van der Waals surface area contributed by atoms with E-state index in [1.807, 2.05) is 4.90 Å². The van der Waals surface area contributed by atoms with E-state index < -0.39 is 0 Å². The smallest absolute Gasteiger partial charge is 0.210 e. The van der Waals surface area contributed by atoms with Gasteiger partial charge in [0.2, 0.25) is 5.78 Å². The van der Waals surface area contributed by atoms with Crippen LogP contribution in [0.2, 0.25) is 0 Å². The number of hydrogen-bond acceptors (Lipinski definition) is 3. The molecule has 0 unspecified atom stereocenters. The number of ether oxygens (including phenoxy) is 1. The van der Waals surface area contributed by atoms with Crippen molar-refractivity contribution in [3.63, 3.8) is 0 Å². The maximum atomic E-state index is 11.4. The lowest BCUT2D eigenvalue weighted by Gasteiger charge is -2.23. The van der Waals surface area contributed by atoms with Crippen LogP contribution in [0.4, 0.5) is 0 Å². The van der Waals surface area contributed by atoms with Crippen LogP contribution in [0.3, 0.4) is 0 Å².